The van der Waals surface area contributed by atoms with Gasteiger partial charge in [-0.25, -0.2) is 4.98 Å². The highest BCUT2D eigenvalue weighted by Crippen LogP contribution is 2.36. The van der Waals surface area contributed by atoms with Gasteiger partial charge in [0.2, 0.25) is 5.91 Å². The molecule has 1 amide bonds. The Hall–Kier alpha value is -2.80. The number of fused-ring (bicyclic) bond motifs is 1. The van der Waals surface area contributed by atoms with Gasteiger partial charge < -0.3 is 19.7 Å². The average molecular weight is 398 g/mol. The van der Waals surface area contributed by atoms with Crippen LogP contribution in [0.15, 0.2) is 42.5 Å². The molecule has 0 atom stereocenters. The van der Waals surface area contributed by atoms with Gasteiger partial charge in [0, 0.05) is 19.6 Å². The number of amides is 1. The summed E-state index contributed by atoms with van der Waals surface area (Å²) < 4.78 is 11.6. The van der Waals surface area contributed by atoms with Crippen LogP contribution >= 0.6 is 11.3 Å². The van der Waals surface area contributed by atoms with E-state index in [1.54, 1.807) is 25.6 Å². The molecule has 0 saturated carbocycles. The van der Waals surface area contributed by atoms with Gasteiger partial charge in [0.25, 0.3) is 0 Å². The van der Waals surface area contributed by atoms with Crippen LogP contribution in [0.2, 0.25) is 0 Å². The summed E-state index contributed by atoms with van der Waals surface area (Å²) in [6.07, 6.45) is 0.809. The second-order valence-corrected chi connectivity index (χ2v) is 7.80. The van der Waals surface area contributed by atoms with E-state index in [9.17, 15) is 4.79 Å². The molecule has 3 aromatic rings. The predicted molar refractivity (Wildman–Crippen MR) is 112 cm³/mol. The first kappa shape index (κ1) is 18.6. The van der Waals surface area contributed by atoms with Gasteiger partial charge >= 0.3 is 0 Å². The molecular formula is C21H23N3O3S. The zero-order valence-corrected chi connectivity index (χ0v) is 16.8. The van der Waals surface area contributed by atoms with Crippen LogP contribution in [-0.4, -0.2) is 44.7 Å². The van der Waals surface area contributed by atoms with Gasteiger partial charge in [0.15, 0.2) is 5.13 Å². The highest BCUT2D eigenvalue weighted by molar-refractivity contribution is 7.22. The molecule has 1 aromatic heterocycles. The fourth-order valence-electron chi connectivity index (χ4n) is 3.28. The van der Waals surface area contributed by atoms with Crippen LogP contribution in [0.25, 0.3) is 10.2 Å². The lowest BCUT2D eigenvalue weighted by molar-refractivity contribution is -0.125. The van der Waals surface area contributed by atoms with E-state index in [-0.39, 0.29) is 11.8 Å². The van der Waals surface area contributed by atoms with E-state index in [0.29, 0.717) is 19.6 Å². The lowest BCUT2D eigenvalue weighted by Crippen LogP contribution is -2.54. The molecule has 1 aliphatic heterocycles. The van der Waals surface area contributed by atoms with Crippen molar-refractivity contribution in [2.24, 2.45) is 5.92 Å². The monoisotopic (exact) mass is 397 g/mol. The first-order chi connectivity index (χ1) is 13.7. The van der Waals surface area contributed by atoms with Crippen LogP contribution in [-0.2, 0) is 11.2 Å². The number of thiazole rings is 1. The van der Waals surface area contributed by atoms with E-state index < -0.39 is 0 Å². The third kappa shape index (κ3) is 3.75. The normalized spacial score (nSPS) is 14.0. The fourth-order valence-corrected chi connectivity index (χ4v) is 4.28. The van der Waals surface area contributed by atoms with Crippen molar-refractivity contribution in [1.82, 2.24) is 10.3 Å². The van der Waals surface area contributed by atoms with E-state index in [4.69, 9.17) is 14.5 Å². The Balaban J connectivity index is 1.27. The van der Waals surface area contributed by atoms with Crippen molar-refractivity contribution in [3.63, 3.8) is 0 Å². The van der Waals surface area contributed by atoms with Crippen LogP contribution in [0.3, 0.4) is 0 Å². The molecule has 0 unspecified atom stereocenters. The minimum atomic E-state index is 0.0183. The zero-order chi connectivity index (χ0) is 19.5. The van der Waals surface area contributed by atoms with Crippen molar-refractivity contribution < 1.29 is 14.3 Å². The Kier molecular flexibility index (Phi) is 5.34. The second-order valence-electron chi connectivity index (χ2n) is 6.79. The Morgan fingerprint density at radius 3 is 2.68 bits per heavy atom. The lowest BCUT2D eigenvalue weighted by Gasteiger charge is -2.37. The van der Waals surface area contributed by atoms with Gasteiger partial charge in [-0.05, 0) is 36.2 Å². The van der Waals surface area contributed by atoms with Crippen molar-refractivity contribution in [3.8, 4) is 11.5 Å². The summed E-state index contributed by atoms with van der Waals surface area (Å²) >= 11 is 1.64. The van der Waals surface area contributed by atoms with Gasteiger partial charge in [0.1, 0.15) is 17.0 Å². The van der Waals surface area contributed by atoms with Crippen LogP contribution in [0.1, 0.15) is 5.56 Å². The molecule has 1 fully saturated rings. The standard InChI is InChI=1S/C21H23N3O3S/c1-26-16-8-6-14(7-9-16)10-11-22-20(25)15-12-24(13-15)21-23-19-17(27-2)4-3-5-18(19)28-21/h3-9,15H,10-13H2,1-2H3,(H,22,25). The summed E-state index contributed by atoms with van der Waals surface area (Å²) in [7, 11) is 3.31. The molecule has 6 nitrogen and oxygen atoms in total. The molecule has 1 saturated heterocycles. The molecular weight excluding hydrogens is 374 g/mol. The van der Waals surface area contributed by atoms with E-state index in [2.05, 4.69) is 10.2 Å². The maximum Gasteiger partial charge on any atom is 0.226 e. The van der Waals surface area contributed by atoms with Crippen LogP contribution in [0.4, 0.5) is 5.13 Å². The number of benzene rings is 2. The van der Waals surface area contributed by atoms with Gasteiger partial charge in [-0.15, -0.1) is 0 Å². The third-order valence-corrected chi connectivity index (χ3v) is 6.07. The molecule has 1 aliphatic rings. The quantitative estimate of drug-likeness (QED) is 0.664. The predicted octanol–water partition coefficient (Wildman–Crippen LogP) is 3.11. The zero-order valence-electron chi connectivity index (χ0n) is 16.0. The number of nitrogens with zero attached hydrogens (tertiary/aromatic N) is 2. The Morgan fingerprint density at radius 2 is 1.96 bits per heavy atom. The van der Waals surface area contributed by atoms with Gasteiger partial charge in [-0.1, -0.05) is 29.5 Å². The smallest absolute Gasteiger partial charge is 0.226 e. The molecule has 2 heterocycles. The molecule has 1 N–H and O–H groups in total. The number of anilines is 1. The first-order valence-corrected chi connectivity index (χ1v) is 10.1. The fraction of sp³-hybridized carbons (Fsp3) is 0.333. The van der Waals surface area contributed by atoms with Crippen LogP contribution < -0.4 is 19.7 Å². The number of hydrogen-bond donors (Lipinski definition) is 1. The average Bonchev–Trinajstić information content (AvgIpc) is 3.11. The van der Waals surface area contributed by atoms with Gasteiger partial charge in [0.05, 0.1) is 24.8 Å². The Bertz CT molecular complexity index is 965. The molecule has 7 heteroatoms. The highest BCUT2D eigenvalue weighted by atomic mass is 32.1. The van der Waals surface area contributed by atoms with Crippen molar-refractivity contribution >= 4 is 32.6 Å². The van der Waals surface area contributed by atoms with Crippen molar-refractivity contribution in [2.75, 3.05) is 38.8 Å². The SMILES string of the molecule is COc1ccc(CCNC(=O)C2CN(c3nc4c(OC)cccc4s3)C2)cc1. The number of rotatable bonds is 7. The minimum absolute atomic E-state index is 0.0183. The van der Waals surface area contributed by atoms with Crippen LogP contribution in [0, 0.1) is 5.92 Å². The molecule has 0 spiro atoms. The summed E-state index contributed by atoms with van der Waals surface area (Å²) in [5.41, 5.74) is 2.07. The molecule has 0 bridgehead atoms. The number of para-hydroxylation sites is 1. The molecule has 0 radical (unpaired) electrons. The molecule has 2 aromatic carbocycles. The number of aromatic nitrogens is 1. The van der Waals surface area contributed by atoms with E-state index in [0.717, 1.165) is 33.3 Å². The number of nitrogens with one attached hydrogen (secondary N) is 1. The number of carbonyl (C=O) groups excluding carboxylic acids is 1. The molecule has 146 valence electrons. The number of methoxy groups -OCH3 is 2. The Labute approximate surface area is 168 Å². The largest absolute Gasteiger partial charge is 0.497 e. The summed E-state index contributed by atoms with van der Waals surface area (Å²) in [5.74, 6) is 1.76. The summed E-state index contributed by atoms with van der Waals surface area (Å²) in [4.78, 5) is 19.2. The summed E-state index contributed by atoms with van der Waals surface area (Å²) in [5, 5.41) is 3.99. The number of ether oxygens (including phenoxy) is 2. The lowest BCUT2D eigenvalue weighted by atomic mass is 10.00. The van der Waals surface area contributed by atoms with Crippen molar-refractivity contribution in [1.29, 1.82) is 0 Å². The third-order valence-electron chi connectivity index (χ3n) is 4.99. The maximum absolute atomic E-state index is 12.4. The van der Waals surface area contributed by atoms with E-state index in [1.165, 1.54) is 5.56 Å². The topological polar surface area (TPSA) is 63.7 Å². The maximum atomic E-state index is 12.4. The molecule has 4 rings (SSSR count). The van der Waals surface area contributed by atoms with Crippen molar-refractivity contribution in [2.45, 2.75) is 6.42 Å². The van der Waals surface area contributed by atoms with E-state index in [1.807, 2.05) is 42.5 Å². The second kappa shape index (κ2) is 8.06. The van der Waals surface area contributed by atoms with Gasteiger partial charge in [-0.3, -0.25) is 4.79 Å². The Morgan fingerprint density at radius 1 is 1.18 bits per heavy atom. The summed E-state index contributed by atoms with van der Waals surface area (Å²) in [6, 6.07) is 13.9. The molecule has 28 heavy (non-hydrogen) atoms. The summed E-state index contributed by atoms with van der Waals surface area (Å²) in [6.45, 7) is 2.05. The minimum Gasteiger partial charge on any atom is -0.497 e. The molecule has 0 aliphatic carbocycles. The number of carbonyl (C=O) groups is 1. The van der Waals surface area contributed by atoms with Crippen LogP contribution in [0.5, 0.6) is 11.5 Å². The van der Waals surface area contributed by atoms with E-state index >= 15 is 0 Å². The van der Waals surface area contributed by atoms with Crippen molar-refractivity contribution in [3.05, 3.63) is 48.0 Å². The highest BCUT2D eigenvalue weighted by Gasteiger charge is 2.34. The number of hydrogen-bond acceptors (Lipinski definition) is 6. The first-order valence-electron chi connectivity index (χ1n) is 9.27. The van der Waals surface area contributed by atoms with Gasteiger partial charge in [-0.2, -0.15) is 0 Å².